The molecule has 1 atom stereocenters. The van der Waals surface area contributed by atoms with Crippen LogP contribution in [0.4, 0.5) is 0 Å². The van der Waals surface area contributed by atoms with Crippen LogP contribution in [-0.4, -0.2) is 48.6 Å². The monoisotopic (exact) mass is 210 g/mol. The van der Waals surface area contributed by atoms with Crippen molar-refractivity contribution < 1.29 is 0 Å². The standard InChI is InChI=1S/C13H26N2/c1-4-14-9-13(10-14)15-6-5-12(8-15)7-11(2)3/h11-13H,4-10H2,1-3H3. The van der Waals surface area contributed by atoms with Crippen LogP contribution >= 0.6 is 0 Å². The summed E-state index contributed by atoms with van der Waals surface area (Å²) in [6.07, 6.45) is 2.88. The maximum Gasteiger partial charge on any atom is 0.0350 e. The maximum atomic E-state index is 2.74. The molecule has 2 fully saturated rings. The molecule has 0 amide bonds. The Morgan fingerprint density at radius 2 is 1.93 bits per heavy atom. The molecule has 0 N–H and O–H groups in total. The Kier molecular flexibility index (Phi) is 3.68. The second-order valence-electron chi connectivity index (χ2n) is 5.79. The molecular weight excluding hydrogens is 184 g/mol. The highest BCUT2D eigenvalue weighted by Crippen LogP contribution is 2.27. The highest BCUT2D eigenvalue weighted by Gasteiger charge is 2.34. The second-order valence-corrected chi connectivity index (χ2v) is 5.79. The van der Waals surface area contributed by atoms with Gasteiger partial charge in [0.2, 0.25) is 0 Å². The van der Waals surface area contributed by atoms with Crippen molar-refractivity contribution in [3.8, 4) is 0 Å². The molecule has 88 valence electrons. The molecule has 0 saturated carbocycles. The van der Waals surface area contributed by atoms with Gasteiger partial charge in [-0.3, -0.25) is 4.90 Å². The van der Waals surface area contributed by atoms with Crippen molar-refractivity contribution in [3.63, 3.8) is 0 Å². The molecule has 0 bridgehead atoms. The van der Waals surface area contributed by atoms with E-state index >= 15 is 0 Å². The summed E-state index contributed by atoms with van der Waals surface area (Å²) in [5.41, 5.74) is 0. The van der Waals surface area contributed by atoms with Crippen LogP contribution in [0.1, 0.15) is 33.6 Å². The molecule has 2 nitrogen and oxygen atoms in total. The first-order valence-electron chi connectivity index (χ1n) is 6.65. The Labute approximate surface area is 94.6 Å². The summed E-state index contributed by atoms with van der Waals surface area (Å²) in [5, 5.41) is 0. The van der Waals surface area contributed by atoms with E-state index in [0.29, 0.717) is 0 Å². The summed E-state index contributed by atoms with van der Waals surface area (Å²) in [6, 6.07) is 0.891. The molecule has 2 rings (SSSR count). The van der Waals surface area contributed by atoms with Crippen molar-refractivity contribution in [3.05, 3.63) is 0 Å². The van der Waals surface area contributed by atoms with Crippen LogP contribution in [0.5, 0.6) is 0 Å². The van der Waals surface area contributed by atoms with Gasteiger partial charge in [0.05, 0.1) is 0 Å². The van der Waals surface area contributed by atoms with E-state index in [2.05, 4.69) is 30.6 Å². The van der Waals surface area contributed by atoms with Crippen molar-refractivity contribution in [2.75, 3.05) is 32.7 Å². The van der Waals surface area contributed by atoms with Crippen LogP contribution in [0, 0.1) is 11.8 Å². The molecule has 0 aromatic carbocycles. The van der Waals surface area contributed by atoms with E-state index in [4.69, 9.17) is 0 Å². The van der Waals surface area contributed by atoms with Crippen molar-refractivity contribution in [1.29, 1.82) is 0 Å². The van der Waals surface area contributed by atoms with E-state index in [-0.39, 0.29) is 0 Å². The molecule has 2 heteroatoms. The minimum Gasteiger partial charge on any atom is -0.300 e. The summed E-state index contributed by atoms with van der Waals surface area (Å²) in [4.78, 5) is 5.28. The Morgan fingerprint density at radius 1 is 1.20 bits per heavy atom. The second kappa shape index (κ2) is 4.84. The fourth-order valence-corrected chi connectivity index (χ4v) is 3.09. The van der Waals surface area contributed by atoms with Crippen molar-refractivity contribution >= 4 is 0 Å². The van der Waals surface area contributed by atoms with Gasteiger partial charge in [-0.2, -0.15) is 0 Å². The van der Waals surface area contributed by atoms with Gasteiger partial charge < -0.3 is 4.90 Å². The molecule has 0 spiro atoms. The molecule has 0 aliphatic carbocycles. The first kappa shape index (κ1) is 11.4. The van der Waals surface area contributed by atoms with E-state index in [9.17, 15) is 0 Å². The largest absolute Gasteiger partial charge is 0.300 e. The summed E-state index contributed by atoms with van der Waals surface area (Å²) in [5.74, 6) is 1.86. The van der Waals surface area contributed by atoms with E-state index in [0.717, 1.165) is 17.9 Å². The van der Waals surface area contributed by atoms with Crippen LogP contribution < -0.4 is 0 Å². The van der Waals surface area contributed by atoms with Crippen LogP contribution in [0.25, 0.3) is 0 Å². The molecule has 2 heterocycles. The fourth-order valence-electron chi connectivity index (χ4n) is 3.09. The number of likely N-dealkylation sites (N-methyl/N-ethyl adjacent to an activating group) is 1. The predicted molar refractivity (Wildman–Crippen MR) is 65.0 cm³/mol. The lowest BCUT2D eigenvalue weighted by atomic mass is 9.96. The van der Waals surface area contributed by atoms with Gasteiger partial charge >= 0.3 is 0 Å². The molecule has 2 aliphatic heterocycles. The Hall–Kier alpha value is -0.0800. The molecule has 1 unspecified atom stereocenters. The smallest absolute Gasteiger partial charge is 0.0350 e. The lowest BCUT2D eigenvalue weighted by molar-refractivity contribution is 0.0497. The highest BCUT2D eigenvalue weighted by atomic mass is 15.3. The van der Waals surface area contributed by atoms with E-state index in [1.165, 1.54) is 45.6 Å². The minimum absolute atomic E-state index is 0.878. The van der Waals surface area contributed by atoms with Crippen molar-refractivity contribution in [1.82, 2.24) is 9.80 Å². The van der Waals surface area contributed by atoms with Gasteiger partial charge in [0.1, 0.15) is 0 Å². The average Bonchev–Trinajstić information content (AvgIpc) is 2.50. The van der Waals surface area contributed by atoms with Gasteiger partial charge in [-0.15, -0.1) is 0 Å². The number of hydrogen-bond donors (Lipinski definition) is 0. The van der Waals surface area contributed by atoms with Crippen molar-refractivity contribution in [2.24, 2.45) is 11.8 Å². The zero-order valence-corrected chi connectivity index (χ0v) is 10.6. The van der Waals surface area contributed by atoms with Crippen LogP contribution in [0.15, 0.2) is 0 Å². The zero-order chi connectivity index (χ0) is 10.8. The minimum atomic E-state index is 0.878. The van der Waals surface area contributed by atoms with E-state index in [1.54, 1.807) is 0 Å². The van der Waals surface area contributed by atoms with Crippen LogP contribution in [-0.2, 0) is 0 Å². The predicted octanol–water partition coefficient (Wildman–Crippen LogP) is 2.06. The SMILES string of the molecule is CCN1CC(N2CCC(CC(C)C)C2)C1. The van der Waals surface area contributed by atoms with Crippen LogP contribution in [0.2, 0.25) is 0 Å². The van der Waals surface area contributed by atoms with Gasteiger partial charge in [0.15, 0.2) is 0 Å². The topological polar surface area (TPSA) is 6.48 Å². The summed E-state index contributed by atoms with van der Waals surface area (Å²) >= 11 is 0. The fraction of sp³-hybridized carbons (Fsp3) is 1.00. The molecule has 0 radical (unpaired) electrons. The Bertz CT molecular complexity index is 197. The highest BCUT2D eigenvalue weighted by molar-refractivity contribution is 4.91. The lowest BCUT2D eigenvalue weighted by Gasteiger charge is -2.43. The first-order chi connectivity index (χ1) is 7.19. The number of nitrogens with zero attached hydrogens (tertiary/aromatic N) is 2. The molecule has 2 saturated heterocycles. The lowest BCUT2D eigenvalue weighted by Crippen LogP contribution is -2.58. The molecule has 2 aliphatic rings. The maximum absolute atomic E-state index is 2.74. The average molecular weight is 210 g/mol. The number of likely N-dealkylation sites (tertiary alicyclic amines) is 2. The Morgan fingerprint density at radius 3 is 2.53 bits per heavy atom. The van der Waals surface area contributed by atoms with Gasteiger partial charge in [-0.05, 0) is 37.8 Å². The Balaban J connectivity index is 1.69. The third-order valence-corrected chi connectivity index (χ3v) is 4.02. The van der Waals surface area contributed by atoms with E-state index < -0.39 is 0 Å². The molecule has 0 aromatic rings. The van der Waals surface area contributed by atoms with Crippen LogP contribution in [0.3, 0.4) is 0 Å². The third-order valence-electron chi connectivity index (χ3n) is 4.02. The summed E-state index contributed by atoms with van der Waals surface area (Å²) in [6.45, 7) is 13.6. The molecule has 15 heavy (non-hydrogen) atoms. The molecule has 0 aromatic heterocycles. The summed E-state index contributed by atoms with van der Waals surface area (Å²) < 4.78 is 0. The van der Waals surface area contributed by atoms with Gasteiger partial charge in [0, 0.05) is 25.7 Å². The quantitative estimate of drug-likeness (QED) is 0.701. The van der Waals surface area contributed by atoms with E-state index in [1.807, 2.05) is 0 Å². The number of hydrogen-bond acceptors (Lipinski definition) is 2. The van der Waals surface area contributed by atoms with Gasteiger partial charge in [-0.25, -0.2) is 0 Å². The molecular formula is C13H26N2. The normalized spacial score (nSPS) is 30.0. The van der Waals surface area contributed by atoms with Gasteiger partial charge in [-0.1, -0.05) is 20.8 Å². The third kappa shape index (κ3) is 2.73. The van der Waals surface area contributed by atoms with Crippen molar-refractivity contribution in [2.45, 2.75) is 39.7 Å². The summed E-state index contributed by atoms with van der Waals surface area (Å²) in [7, 11) is 0. The zero-order valence-electron chi connectivity index (χ0n) is 10.6. The first-order valence-corrected chi connectivity index (χ1v) is 6.65. The number of rotatable bonds is 4. The van der Waals surface area contributed by atoms with Gasteiger partial charge in [0.25, 0.3) is 0 Å².